The van der Waals surface area contributed by atoms with E-state index in [1.165, 1.54) is 6.07 Å². The van der Waals surface area contributed by atoms with Gasteiger partial charge in [0.25, 0.3) is 0 Å². The minimum Gasteiger partial charge on any atom is -0.338 e. The molecule has 2 N–H and O–H groups in total. The molecular formula is C22H13BrClFN4. The molecule has 0 atom stereocenters. The second kappa shape index (κ2) is 7.13. The molecule has 0 aliphatic carbocycles. The van der Waals surface area contributed by atoms with Gasteiger partial charge in [-0.2, -0.15) is 0 Å². The third-order valence-corrected chi connectivity index (χ3v) is 5.57. The molecule has 0 spiro atoms. The highest BCUT2D eigenvalue weighted by Gasteiger charge is 2.17. The summed E-state index contributed by atoms with van der Waals surface area (Å²) < 4.78 is 14.9. The summed E-state index contributed by atoms with van der Waals surface area (Å²) in [5, 5.41) is 0.304. The van der Waals surface area contributed by atoms with Gasteiger partial charge in [-0.3, -0.25) is 0 Å². The lowest BCUT2D eigenvalue weighted by Crippen LogP contribution is -1.88. The molecule has 2 aromatic heterocycles. The molecular weight excluding hydrogens is 455 g/mol. The largest absolute Gasteiger partial charge is 0.338 e. The van der Waals surface area contributed by atoms with E-state index in [4.69, 9.17) is 11.6 Å². The van der Waals surface area contributed by atoms with Crippen LogP contribution in [-0.4, -0.2) is 19.9 Å². The maximum Gasteiger partial charge on any atom is 0.143 e. The van der Waals surface area contributed by atoms with Gasteiger partial charge in [0.05, 0.1) is 21.6 Å². The first-order chi connectivity index (χ1) is 14.1. The molecule has 0 radical (unpaired) electrons. The standard InChI is InChI=1S/C22H13BrClFN4/c23-20-19(28-22(29-20)18-14(24)4-3-5-15(18)25)12-8-10-13(11-9-12)21-26-16-6-1-2-7-17(16)27-21/h1-11H,(H,26,27)(H,28,29). The summed E-state index contributed by atoms with van der Waals surface area (Å²) in [5.41, 5.74) is 4.69. The number of para-hydroxylation sites is 2. The van der Waals surface area contributed by atoms with E-state index in [-0.39, 0.29) is 5.56 Å². The second-order valence-corrected chi connectivity index (χ2v) is 7.72. The average molecular weight is 468 g/mol. The van der Waals surface area contributed by atoms with E-state index in [2.05, 4.69) is 35.9 Å². The molecule has 0 fully saturated rings. The van der Waals surface area contributed by atoms with Gasteiger partial charge in [0.1, 0.15) is 27.8 Å². The zero-order valence-electron chi connectivity index (χ0n) is 14.9. The first-order valence-electron chi connectivity index (χ1n) is 8.85. The molecule has 5 aromatic rings. The summed E-state index contributed by atoms with van der Waals surface area (Å²) in [4.78, 5) is 15.6. The average Bonchev–Trinajstić information content (AvgIpc) is 3.32. The van der Waals surface area contributed by atoms with E-state index in [9.17, 15) is 4.39 Å². The summed E-state index contributed by atoms with van der Waals surface area (Å²) in [7, 11) is 0. The minimum absolute atomic E-state index is 0.250. The zero-order valence-corrected chi connectivity index (χ0v) is 17.2. The minimum atomic E-state index is -0.425. The first kappa shape index (κ1) is 18.1. The predicted molar refractivity (Wildman–Crippen MR) is 117 cm³/mol. The fraction of sp³-hybridized carbons (Fsp3) is 0. The van der Waals surface area contributed by atoms with Crippen LogP contribution in [-0.2, 0) is 0 Å². The summed E-state index contributed by atoms with van der Waals surface area (Å²) in [6.07, 6.45) is 0. The highest BCUT2D eigenvalue weighted by atomic mass is 79.9. The van der Waals surface area contributed by atoms with E-state index in [1.807, 2.05) is 48.5 Å². The Balaban J connectivity index is 1.51. The molecule has 0 bridgehead atoms. The van der Waals surface area contributed by atoms with Crippen LogP contribution >= 0.6 is 27.5 Å². The van der Waals surface area contributed by atoms with Crippen molar-refractivity contribution in [3.8, 4) is 34.0 Å². The van der Waals surface area contributed by atoms with E-state index in [1.54, 1.807) is 12.1 Å². The number of H-pyrrole nitrogens is 2. The Bertz CT molecular complexity index is 1290. The van der Waals surface area contributed by atoms with E-state index in [0.717, 1.165) is 28.0 Å². The molecule has 0 saturated carbocycles. The number of hydrogen-bond donors (Lipinski definition) is 2. The molecule has 0 aliphatic heterocycles. The summed E-state index contributed by atoms with van der Waals surface area (Å²) in [6.45, 7) is 0. The number of nitrogens with one attached hydrogen (secondary N) is 2. The highest BCUT2D eigenvalue weighted by Crippen LogP contribution is 2.34. The number of hydrogen-bond acceptors (Lipinski definition) is 2. The summed E-state index contributed by atoms with van der Waals surface area (Å²) >= 11 is 9.65. The Hall–Kier alpha value is -2.96. The molecule has 0 unspecified atom stereocenters. The van der Waals surface area contributed by atoms with Crippen molar-refractivity contribution < 1.29 is 4.39 Å². The number of nitrogens with zero attached hydrogens (tertiary/aromatic N) is 2. The smallest absolute Gasteiger partial charge is 0.143 e. The number of fused-ring (bicyclic) bond motifs is 1. The van der Waals surface area contributed by atoms with Crippen LogP contribution in [0.1, 0.15) is 0 Å². The van der Waals surface area contributed by atoms with Gasteiger partial charge >= 0.3 is 0 Å². The molecule has 2 heterocycles. The Morgan fingerprint density at radius 3 is 2.31 bits per heavy atom. The quantitative estimate of drug-likeness (QED) is 0.305. The normalized spacial score (nSPS) is 11.3. The third kappa shape index (κ3) is 3.24. The number of aromatic amines is 2. The fourth-order valence-electron chi connectivity index (χ4n) is 3.26. The monoisotopic (exact) mass is 466 g/mol. The molecule has 7 heteroatoms. The zero-order chi connectivity index (χ0) is 20.0. The second-order valence-electron chi connectivity index (χ2n) is 6.52. The topological polar surface area (TPSA) is 57.4 Å². The van der Waals surface area contributed by atoms with Crippen LogP contribution in [0.25, 0.3) is 45.1 Å². The molecule has 0 aliphatic rings. The number of halogens is 3. The van der Waals surface area contributed by atoms with Gasteiger partial charge in [0.15, 0.2) is 0 Å². The van der Waals surface area contributed by atoms with Crippen LogP contribution in [0.15, 0.2) is 71.3 Å². The van der Waals surface area contributed by atoms with Crippen molar-refractivity contribution in [2.45, 2.75) is 0 Å². The van der Waals surface area contributed by atoms with Crippen molar-refractivity contribution in [3.05, 3.63) is 82.2 Å². The van der Waals surface area contributed by atoms with Crippen molar-refractivity contribution in [1.82, 2.24) is 19.9 Å². The van der Waals surface area contributed by atoms with Crippen LogP contribution in [0.5, 0.6) is 0 Å². The lowest BCUT2D eigenvalue weighted by Gasteiger charge is -2.02. The molecule has 142 valence electrons. The third-order valence-electron chi connectivity index (χ3n) is 4.68. The molecule has 0 saturated heterocycles. The lowest BCUT2D eigenvalue weighted by atomic mass is 10.1. The van der Waals surface area contributed by atoms with Crippen molar-refractivity contribution >= 4 is 38.6 Å². The lowest BCUT2D eigenvalue weighted by molar-refractivity contribution is 0.630. The van der Waals surface area contributed by atoms with Crippen molar-refractivity contribution in [2.24, 2.45) is 0 Å². The Morgan fingerprint density at radius 1 is 0.793 bits per heavy atom. The van der Waals surface area contributed by atoms with Crippen LogP contribution in [0, 0.1) is 5.82 Å². The SMILES string of the molecule is Fc1cccc(Cl)c1-c1nc(-c2ccc(-c3nc4ccccc4[nH]3)cc2)c(Br)[nH]1. The van der Waals surface area contributed by atoms with Crippen LogP contribution in [0.2, 0.25) is 5.02 Å². The van der Waals surface area contributed by atoms with Gasteiger partial charge in [-0.05, 0) is 40.2 Å². The van der Waals surface area contributed by atoms with Gasteiger partial charge in [0.2, 0.25) is 0 Å². The van der Waals surface area contributed by atoms with Crippen LogP contribution in [0.3, 0.4) is 0 Å². The van der Waals surface area contributed by atoms with Gasteiger partial charge < -0.3 is 9.97 Å². The Morgan fingerprint density at radius 2 is 1.55 bits per heavy atom. The fourth-order valence-corrected chi connectivity index (χ4v) is 4.02. The van der Waals surface area contributed by atoms with Crippen LogP contribution in [0.4, 0.5) is 4.39 Å². The van der Waals surface area contributed by atoms with E-state index in [0.29, 0.717) is 21.1 Å². The molecule has 5 rings (SSSR count). The van der Waals surface area contributed by atoms with Gasteiger partial charge in [-0.1, -0.05) is 54.1 Å². The molecule has 29 heavy (non-hydrogen) atoms. The van der Waals surface area contributed by atoms with Gasteiger partial charge in [0, 0.05) is 11.1 Å². The van der Waals surface area contributed by atoms with Crippen LogP contribution < -0.4 is 0 Å². The summed E-state index contributed by atoms with van der Waals surface area (Å²) in [6, 6.07) is 20.3. The van der Waals surface area contributed by atoms with E-state index >= 15 is 0 Å². The number of benzene rings is 3. The van der Waals surface area contributed by atoms with E-state index < -0.39 is 5.82 Å². The van der Waals surface area contributed by atoms with Crippen molar-refractivity contribution in [1.29, 1.82) is 0 Å². The Labute approximate surface area is 178 Å². The number of rotatable bonds is 3. The molecule has 3 aromatic carbocycles. The van der Waals surface area contributed by atoms with Gasteiger partial charge in [-0.15, -0.1) is 0 Å². The van der Waals surface area contributed by atoms with Gasteiger partial charge in [-0.25, -0.2) is 14.4 Å². The maximum atomic E-state index is 14.2. The first-order valence-corrected chi connectivity index (χ1v) is 10.0. The summed E-state index contributed by atoms with van der Waals surface area (Å²) in [5.74, 6) is 0.750. The number of aromatic nitrogens is 4. The van der Waals surface area contributed by atoms with Crippen molar-refractivity contribution in [2.75, 3.05) is 0 Å². The molecule has 0 amide bonds. The highest BCUT2D eigenvalue weighted by molar-refractivity contribution is 9.10. The number of imidazole rings is 2. The maximum absolute atomic E-state index is 14.2. The molecule has 4 nitrogen and oxygen atoms in total. The van der Waals surface area contributed by atoms with Crippen molar-refractivity contribution in [3.63, 3.8) is 0 Å². The predicted octanol–water partition coefficient (Wildman–Crippen LogP) is 6.84. The Kier molecular flexibility index (Phi) is 4.45.